The van der Waals surface area contributed by atoms with Crippen LogP contribution in [0.3, 0.4) is 0 Å². The molecule has 174 valence electrons. The molecule has 8 nitrogen and oxygen atoms in total. The van der Waals surface area contributed by atoms with Crippen LogP contribution < -0.4 is 9.47 Å². The number of benzene rings is 1. The summed E-state index contributed by atoms with van der Waals surface area (Å²) in [7, 11) is 3.18. The number of hydrogen-bond donors (Lipinski definition) is 0. The van der Waals surface area contributed by atoms with E-state index in [2.05, 4.69) is 4.98 Å². The predicted octanol–water partition coefficient (Wildman–Crippen LogP) is 4.52. The fourth-order valence-corrected chi connectivity index (χ4v) is 4.27. The molecule has 1 aliphatic rings. The molecule has 0 aliphatic carbocycles. The largest absolute Gasteiger partial charge is 0.493 e. The summed E-state index contributed by atoms with van der Waals surface area (Å²) in [5.74, 6) is 0.753. The quantitative estimate of drug-likeness (QED) is 0.584. The maximum Gasteiger partial charge on any atom is 0.410 e. The lowest BCUT2D eigenvalue weighted by Crippen LogP contribution is -2.43. The highest BCUT2D eigenvalue weighted by atomic mass is 32.1. The zero-order valence-electron chi connectivity index (χ0n) is 19.2. The average molecular weight is 463 g/mol. The molecule has 0 radical (unpaired) electrons. The predicted molar refractivity (Wildman–Crippen MR) is 121 cm³/mol. The maximum atomic E-state index is 12.5. The number of methoxy groups -OCH3 is 2. The van der Waals surface area contributed by atoms with Crippen molar-refractivity contribution in [2.45, 2.75) is 45.8 Å². The Morgan fingerprint density at radius 1 is 1.16 bits per heavy atom. The van der Waals surface area contributed by atoms with Crippen molar-refractivity contribution in [1.82, 2.24) is 9.88 Å². The van der Waals surface area contributed by atoms with Gasteiger partial charge in [-0.1, -0.05) is 6.07 Å². The first-order valence-corrected chi connectivity index (χ1v) is 11.4. The number of carbonyl (C=O) groups is 2. The van der Waals surface area contributed by atoms with Crippen LogP contribution >= 0.6 is 11.3 Å². The highest BCUT2D eigenvalue weighted by Crippen LogP contribution is 2.39. The summed E-state index contributed by atoms with van der Waals surface area (Å²) in [5, 5.41) is 2.63. The molecule has 1 aliphatic heterocycles. The van der Waals surface area contributed by atoms with Gasteiger partial charge in [-0.25, -0.2) is 9.78 Å². The Morgan fingerprint density at radius 2 is 1.88 bits per heavy atom. The van der Waals surface area contributed by atoms with E-state index in [0.29, 0.717) is 43.1 Å². The Morgan fingerprint density at radius 3 is 2.50 bits per heavy atom. The van der Waals surface area contributed by atoms with Crippen molar-refractivity contribution in [2.24, 2.45) is 5.92 Å². The molecule has 1 amide bonds. The first kappa shape index (κ1) is 23.8. The van der Waals surface area contributed by atoms with Gasteiger partial charge in [0.15, 0.2) is 11.5 Å². The van der Waals surface area contributed by atoms with Crippen molar-refractivity contribution in [3.63, 3.8) is 0 Å². The van der Waals surface area contributed by atoms with Crippen LogP contribution in [-0.4, -0.2) is 54.9 Å². The van der Waals surface area contributed by atoms with E-state index in [1.807, 2.05) is 44.4 Å². The number of hydrogen-bond acceptors (Lipinski definition) is 8. The normalized spacial score (nSPS) is 14.7. The average Bonchev–Trinajstić information content (AvgIpc) is 3.24. The van der Waals surface area contributed by atoms with E-state index in [-0.39, 0.29) is 24.6 Å². The third-order valence-corrected chi connectivity index (χ3v) is 5.95. The van der Waals surface area contributed by atoms with Crippen LogP contribution in [0.4, 0.5) is 4.79 Å². The number of para-hydroxylation sites is 1. The number of esters is 1. The van der Waals surface area contributed by atoms with Gasteiger partial charge < -0.3 is 23.8 Å². The molecular formula is C23H30N2O6S. The zero-order valence-corrected chi connectivity index (χ0v) is 20.0. The number of thiazole rings is 1. The van der Waals surface area contributed by atoms with E-state index >= 15 is 0 Å². The summed E-state index contributed by atoms with van der Waals surface area (Å²) >= 11 is 1.45. The molecule has 2 aromatic rings. The molecule has 0 bridgehead atoms. The molecule has 9 heteroatoms. The van der Waals surface area contributed by atoms with Crippen LogP contribution in [-0.2, 0) is 20.9 Å². The molecule has 1 aromatic heterocycles. The third-order valence-electron chi connectivity index (χ3n) is 5.03. The summed E-state index contributed by atoms with van der Waals surface area (Å²) < 4.78 is 21.7. The van der Waals surface area contributed by atoms with Crippen LogP contribution in [0.25, 0.3) is 10.6 Å². The van der Waals surface area contributed by atoms with Crippen LogP contribution in [0, 0.1) is 5.92 Å². The third kappa shape index (κ3) is 5.91. The van der Waals surface area contributed by atoms with Gasteiger partial charge in [0.2, 0.25) is 0 Å². The lowest BCUT2D eigenvalue weighted by atomic mass is 9.97. The van der Waals surface area contributed by atoms with E-state index in [1.54, 1.807) is 19.1 Å². The van der Waals surface area contributed by atoms with E-state index in [4.69, 9.17) is 18.9 Å². The first-order chi connectivity index (χ1) is 15.2. The minimum absolute atomic E-state index is 0.105. The van der Waals surface area contributed by atoms with Crippen molar-refractivity contribution in [1.29, 1.82) is 0 Å². The molecule has 0 atom stereocenters. The van der Waals surface area contributed by atoms with Gasteiger partial charge in [-0.05, 0) is 45.7 Å². The molecule has 32 heavy (non-hydrogen) atoms. The number of rotatable bonds is 6. The number of carbonyl (C=O) groups excluding carboxylic acids is 2. The van der Waals surface area contributed by atoms with Crippen molar-refractivity contribution in [3.8, 4) is 22.1 Å². The van der Waals surface area contributed by atoms with Crippen LogP contribution in [0.15, 0.2) is 23.6 Å². The van der Waals surface area contributed by atoms with Crippen molar-refractivity contribution >= 4 is 23.4 Å². The van der Waals surface area contributed by atoms with E-state index in [0.717, 1.165) is 10.6 Å². The number of piperidine rings is 1. The number of nitrogens with zero attached hydrogens (tertiary/aromatic N) is 2. The Balaban J connectivity index is 1.53. The van der Waals surface area contributed by atoms with Gasteiger partial charge in [0.1, 0.15) is 17.2 Å². The molecule has 0 spiro atoms. The topological polar surface area (TPSA) is 87.2 Å². The van der Waals surface area contributed by atoms with Gasteiger partial charge in [0.25, 0.3) is 0 Å². The second kappa shape index (κ2) is 10.2. The minimum atomic E-state index is -0.534. The molecule has 0 N–H and O–H groups in total. The fourth-order valence-electron chi connectivity index (χ4n) is 3.44. The molecule has 2 heterocycles. The number of aromatic nitrogens is 1. The first-order valence-electron chi connectivity index (χ1n) is 10.5. The van der Waals surface area contributed by atoms with Gasteiger partial charge in [0.05, 0.1) is 31.4 Å². The van der Waals surface area contributed by atoms with Gasteiger partial charge in [-0.2, -0.15) is 0 Å². The molecular weight excluding hydrogens is 432 g/mol. The molecule has 1 saturated heterocycles. The second-order valence-electron chi connectivity index (χ2n) is 8.53. The Bertz CT molecular complexity index is 944. The van der Waals surface area contributed by atoms with Crippen LogP contribution in [0.1, 0.15) is 39.3 Å². The van der Waals surface area contributed by atoms with Crippen LogP contribution in [0.2, 0.25) is 0 Å². The van der Waals surface area contributed by atoms with Crippen molar-refractivity contribution in [2.75, 3.05) is 27.3 Å². The minimum Gasteiger partial charge on any atom is -0.493 e. The van der Waals surface area contributed by atoms with Gasteiger partial charge in [-0.15, -0.1) is 11.3 Å². The number of amides is 1. The zero-order chi connectivity index (χ0) is 23.3. The summed E-state index contributed by atoms with van der Waals surface area (Å²) in [6.07, 6.45) is 0.773. The van der Waals surface area contributed by atoms with Crippen molar-refractivity contribution in [3.05, 3.63) is 29.3 Å². The maximum absolute atomic E-state index is 12.5. The smallest absolute Gasteiger partial charge is 0.410 e. The van der Waals surface area contributed by atoms with Crippen molar-refractivity contribution < 1.29 is 28.5 Å². The number of ether oxygens (including phenoxy) is 4. The molecule has 1 fully saturated rings. The number of likely N-dealkylation sites (tertiary alicyclic amines) is 1. The SMILES string of the molecule is COc1cccc(-c2nc(COC(=O)C3CCN(C(=O)OC(C)(C)C)CC3)cs2)c1OC. The van der Waals surface area contributed by atoms with E-state index in [1.165, 1.54) is 11.3 Å². The monoisotopic (exact) mass is 462 g/mol. The highest BCUT2D eigenvalue weighted by molar-refractivity contribution is 7.13. The van der Waals surface area contributed by atoms with Gasteiger partial charge >= 0.3 is 12.1 Å². The Hall–Kier alpha value is -2.81. The highest BCUT2D eigenvalue weighted by Gasteiger charge is 2.30. The summed E-state index contributed by atoms with van der Waals surface area (Å²) in [4.78, 5) is 30.9. The molecule has 0 saturated carbocycles. The standard InChI is InChI=1S/C23H30N2O6S/c1-23(2,3)31-22(27)25-11-9-15(10-12-25)21(26)30-13-16-14-32-20(24-16)17-7-6-8-18(28-4)19(17)29-5/h6-8,14-15H,9-13H2,1-5H3. The summed E-state index contributed by atoms with van der Waals surface area (Å²) in [6, 6.07) is 5.61. The van der Waals surface area contributed by atoms with Gasteiger partial charge in [-0.3, -0.25) is 4.79 Å². The van der Waals surface area contributed by atoms with Gasteiger partial charge in [0, 0.05) is 18.5 Å². The molecule has 0 unspecified atom stereocenters. The van der Waals surface area contributed by atoms with Crippen LogP contribution in [0.5, 0.6) is 11.5 Å². The van der Waals surface area contributed by atoms with E-state index < -0.39 is 5.60 Å². The molecule has 1 aromatic carbocycles. The fraction of sp³-hybridized carbons (Fsp3) is 0.522. The Labute approximate surface area is 192 Å². The van der Waals surface area contributed by atoms with E-state index in [9.17, 15) is 9.59 Å². The molecule has 3 rings (SSSR count). The lowest BCUT2D eigenvalue weighted by molar-refractivity contribution is -0.151. The Kier molecular flexibility index (Phi) is 7.60. The lowest BCUT2D eigenvalue weighted by Gasteiger charge is -2.32. The second-order valence-corrected chi connectivity index (χ2v) is 9.39. The summed E-state index contributed by atoms with van der Waals surface area (Å²) in [6.45, 7) is 6.57. The summed E-state index contributed by atoms with van der Waals surface area (Å²) in [5.41, 5.74) is 0.965.